The predicted octanol–water partition coefficient (Wildman–Crippen LogP) is 1.39. The van der Waals surface area contributed by atoms with Crippen LogP contribution in [0.4, 0.5) is 5.88 Å². The topological polar surface area (TPSA) is 157 Å². The molecule has 0 atom stereocenters. The number of carbonyl (C=O) groups excluding carboxylic acids is 2. The first kappa shape index (κ1) is 18.2. The highest BCUT2D eigenvalue weighted by Crippen LogP contribution is 2.29. The van der Waals surface area contributed by atoms with E-state index >= 15 is 0 Å². The van der Waals surface area contributed by atoms with E-state index < -0.39 is 33.6 Å². The van der Waals surface area contributed by atoms with Crippen molar-refractivity contribution >= 4 is 33.6 Å². The van der Waals surface area contributed by atoms with Gasteiger partial charge in [-0.3, -0.25) is 9.59 Å². The molecule has 1 heterocycles. The largest absolute Gasteiger partial charge is 0.478 e. The van der Waals surface area contributed by atoms with Gasteiger partial charge in [0.1, 0.15) is 11.3 Å². The molecule has 4 N–H and O–H groups in total. The second kappa shape index (κ2) is 6.40. The van der Waals surface area contributed by atoms with Crippen LogP contribution in [-0.2, 0) is 10.0 Å². The molecular formula is C15H14N2O7S. The van der Waals surface area contributed by atoms with Gasteiger partial charge in [0.05, 0.1) is 16.0 Å². The lowest BCUT2D eigenvalue weighted by molar-refractivity contribution is 0.0696. The molecule has 0 bridgehead atoms. The van der Waals surface area contributed by atoms with E-state index in [1.54, 1.807) is 0 Å². The van der Waals surface area contributed by atoms with Crippen molar-refractivity contribution in [3.05, 3.63) is 46.7 Å². The molecule has 0 aliphatic rings. The predicted molar refractivity (Wildman–Crippen MR) is 86.2 cm³/mol. The summed E-state index contributed by atoms with van der Waals surface area (Å²) < 4.78 is 32.0. The average molecular weight is 366 g/mol. The van der Waals surface area contributed by atoms with Crippen molar-refractivity contribution in [2.24, 2.45) is 5.73 Å². The molecule has 2 rings (SSSR count). The van der Waals surface area contributed by atoms with Crippen LogP contribution in [0.25, 0.3) is 0 Å². The van der Waals surface area contributed by atoms with Crippen molar-refractivity contribution in [3.8, 4) is 0 Å². The van der Waals surface area contributed by atoms with Crippen LogP contribution in [0.15, 0.2) is 33.6 Å². The minimum atomic E-state index is -4.20. The third-order valence-corrected chi connectivity index (χ3v) is 4.67. The standard InChI is InChI=1S/C15H14N2O7S/c1-7(18)11-8(2)24-14(12(11)13(16)19)17-25(22,23)10-5-3-9(4-6-10)15(20)21/h3-6,17H,1-2H3,(H2,16,19)(H,20,21). The van der Waals surface area contributed by atoms with Crippen molar-refractivity contribution in [1.29, 1.82) is 0 Å². The lowest BCUT2D eigenvalue weighted by Crippen LogP contribution is -2.19. The van der Waals surface area contributed by atoms with E-state index in [9.17, 15) is 22.8 Å². The molecule has 0 unspecified atom stereocenters. The van der Waals surface area contributed by atoms with E-state index in [4.69, 9.17) is 15.3 Å². The highest BCUT2D eigenvalue weighted by molar-refractivity contribution is 7.92. The van der Waals surface area contributed by atoms with Gasteiger partial charge in [0.25, 0.3) is 15.9 Å². The van der Waals surface area contributed by atoms with Crippen LogP contribution < -0.4 is 10.5 Å². The molecule has 1 aromatic heterocycles. The number of hydrogen-bond donors (Lipinski definition) is 3. The Balaban J connectivity index is 2.48. The molecule has 1 aromatic carbocycles. The molecule has 0 saturated carbocycles. The van der Waals surface area contributed by atoms with Gasteiger partial charge in [-0.05, 0) is 38.1 Å². The summed E-state index contributed by atoms with van der Waals surface area (Å²) in [5.74, 6) is -3.18. The summed E-state index contributed by atoms with van der Waals surface area (Å²) in [6, 6.07) is 4.38. The number of nitrogens with one attached hydrogen (secondary N) is 1. The summed E-state index contributed by atoms with van der Waals surface area (Å²) in [4.78, 5) is 33.8. The molecule has 1 amide bonds. The molecule has 25 heavy (non-hydrogen) atoms. The van der Waals surface area contributed by atoms with Gasteiger partial charge in [-0.1, -0.05) is 0 Å². The lowest BCUT2D eigenvalue weighted by atomic mass is 10.1. The van der Waals surface area contributed by atoms with Crippen molar-refractivity contribution < 1.29 is 32.3 Å². The van der Waals surface area contributed by atoms with E-state index in [1.807, 2.05) is 0 Å². The number of nitrogens with two attached hydrogens (primary N) is 1. The number of sulfonamides is 1. The molecular weight excluding hydrogens is 352 g/mol. The number of carboxylic acid groups (broad SMARTS) is 1. The van der Waals surface area contributed by atoms with Crippen LogP contribution >= 0.6 is 0 Å². The van der Waals surface area contributed by atoms with Gasteiger partial charge in [0, 0.05) is 0 Å². The van der Waals surface area contributed by atoms with Crippen molar-refractivity contribution in [2.75, 3.05) is 4.72 Å². The molecule has 0 radical (unpaired) electrons. The van der Waals surface area contributed by atoms with Gasteiger partial charge in [-0.25, -0.2) is 17.9 Å². The molecule has 10 heteroatoms. The van der Waals surface area contributed by atoms with Gasteiger partial charge in [-0.2, -0.15) is 0 Å². The zero-order valence-corrected chi connectivity index (χ0v) is 14.0. The van der Waals surface area contributed by atoms with Gasteiger partial charge in [-0.15, -0.1) is 0 Å². The molecule has 0 saturated heterocycles. The van der Waals surface area contributed by atoms with Crippen molar-refractivity contribution in [2.45, 2.75) is 18.7 Å². The number of anilines is 1. The van der Waals surface area contributed by atoms with Crippen LogP contribution in [0, 0.1) is 6.92 Å². The number of primary amides is 1. The normalized spacial score (nSPS) is 11.1. The minimum absolute atomic E-state index is 0.0419. The Morgan fingerprint density at radius 1 is 1.12 bits per heavy atom. The molecule has 0 aliphatic carbocycles. The zero-order chi connectivity index (χ0) is 18.9. The Hall–Kier alpha value is -3.14. The Morgan fingerprint density at radius 2 is 1.68 bits per heavy atom. The number of Topliss-reactive ketones (excluding diaryl/α,β-unsaturated/α-hetero) is 1. The van der Waals surface area contributed by atoms with Crippen LogP contribution in [0.1, 0.15) is 43.8 Å². The van der Waals surface area contributed by atoms with E-state index in [0.29, 0.717) is 0 Å². The van der Waals surface area contributed by atoms with E-state index in [1.165, 1.54) is 13.8 Å². The quantitative estimate of drug-likeness (QED) is 0.652. The molecule has 0 spiro atoms. The first-order valence-electron chi connectivity index (χ1n) is 6.85. The number of hydrogen-bond acceptors (Lipinski definition) is 6. The minimum Gasteiger partial charge on any atom is -0.478 e. The fourth-order valence-electron chi connectivity index (χ4n) is 2.23. The van der Waals surface area contributed by atoms with Crippen LogP contribution in [0.3, 0.4) is 0 Å². The van der Waals surface area contributed by atoms with Gasteiger partial charge in [0.15, 0.2) is 5.78 Å². The zero-order valence-electron chi connectivity index (χ0n) is 13.2. The maximum Gasteiger partial charge on any atom is 0.335 e. The summed E-state index contributed by atoms with van der Waals surface area (Å²) >= 11 is 0. The monoisotopic (exact) mass is 366 g/mol. The lowest BCUT2D eigenvalue weighted by Gasteiger charge is -2.07. The first-order valence-corrected chi connectivity index (χ1v) is 8.33. The summed E-state index contributed by atoms with van der Waals surface area (Å²) in [6.07, 6.45) is 0. The third kappa shape index (κ3) is 3.53. The second-order valence-electron chi connectivity index (χ2n) is 5.09. The third-order valence-electron chi connectivity index (χ3n) is 3.32. The number of aryl methyl sites for hydroxylation is 1. The van der Waals surface area contributed by atoms with Gasteiger partial charge in [0.2, 0.25) is 5.88 Å². The molecule has 0 fully saturated rings. The maximum atomic E-state index is 12.4. The summed E-state index contributed by atoms with van der Waals surface area (Å²) in [5, 5.41) is 8.83. The fourth-order valence-corrected chi connectivity index (χ4v) is 3.23. The highest BCUT2D eigenvalue weighted by Gasteiger charge is 2.28. The highest BCUT2D eigenvalue weighted by atomic mass is 32.2. The Morgan fingerprint density at radius 3 is 2.12 bits per heavy atom. The maximum absolute atomic E-state index is 12.4. The Kier molecular flexibility index (Phi) is 4.66. The Labute approximate surface area is 142 Å². The van der Waals surface area contributed by atoms with Crippen LogP contribution in [-0.4, -0.2) is 31.2 Å². The van der Waals surface area contributed by atoms with Gasteiger partial charge < -0.3 is 15.3 Å². The van der Waals surface area contributed by atoms with Crippen molar-refractivity contribution in [3.63, 3.8) is 0 Å². The number of furan rings is 1. The van der Waals surface area contributed by atoms with Crippen LogP contribution in [0.5, 0.6) is 0 Å². The fraction of sp³-hybridized carbons (Fsp3) is 0.133. The number of rotatable bonds is 6. The number of ketones is 1. The molecule has 132 valence electrons. The summed E-state index contributed by atoms with van der Waals surface area (Å²) in [7, 11) is -4.20. The van der Waals surface area contributed by atoms with Gasteiger partial charge >= 0.3 is 5.97 Å². The number of aromatic carboxylic acids is 1. The van der Waals surface area contributed by atoms with E-state index in [0.717, 1.165) is 24.3 Å². The number of amides is 1. The summed E-state index contributed by atoms with van der Waals surface area (Å²) in [5.41, 5.74) is 4.66. The average Bonchev–Trinajstić information content (AvgIpc) is 2.83. The van der Waals surface area contributed by atoms with E-state index in [-0.39, 0.29) is 27.3 Å². The number of carboxylic acids is 1. The Bertz CT molecular complexity index is 972. The SMILES string of the molecule is CC(=O)c1c(C)oc(NS(=O)(=O)c2ccc(C(=O)O)cc2)c1C(N)=O. The molecule has 0 aliphatic heterocycles. The number of carbonyl (C=O) groups is 3. The van der Waals surface area contributed by atoms with Crippen molar-refractivity contribution in [1.82, 2.24) is 0 Å². The molecule has 2 aromatic rings. The second-order valence-corrected chi connectivity index (χ2v) is 6.78. The molecule has 9 nitrogen and oxygen atoms in total. The smallest absolute Gasteiger partial charge is 0.335 e. The van der Waals surface area contributed by atoms with Crippen LogP contribution in [0.2, 0.25) is 0 Å². The van der Waals surface area contributed by atoms with E-state index in [2.05, 4.69) is 4.72 Å². The summed E-state index contributed by atoms with van der Waals surface area (Å²) in [6.45, 7) is 2.58. The first-order chi connectivity index (χ1) is 11.5. The number of benzene rings is 1.